The van der Waals surface area contributed by atoms with E-state index in [1.54, 1.807) is 0 Å². The van der Waals surface area contributed by atoms with Crippen molar-refractivity contribution in [3.05, 3.63) is 54.6 Å². The Morgan fingerprint density at radius 3 is 2.16 bits per heavy atom. The molecule has 0 radical (unpaired) electrons. The summed E-state index contributed by atoms with van der Waals surface area (Å²) in [5.74, 6) is 1.77. The van der Waals surface area contributed by atoms with Gasteiger partial charge in [0.15, 0.2) is 0 Å². The maximum Gasteiger partial charge on any atom is 0.130 e. The van der Waals surface area contributed by atoms with E-state index in [2.05, 4.69) is 0 Å². The molecule has 0 heterocycles. The number of ether oxygens (including phenoxy) is 1. The van der Waals surface area contributed by atoms with Crippen LogP contribution in [0.2, 0.25) is 0 Å². The molecule has 0 aliphatic carbocycles. The van der Waals surface area contributed by atoms with Crippen LogP contribution >= 0.6 is 8.81 Å². The number of hydrogen-bond donors (Lipinski definition) is 0. The maximum absolute atomic E-state index is 5.95. The lowest BCUT2D eigenvalue weighted by atomic mass is 10.2. The van der Waals surface area contributed by atoms with Gasteiger partial charge >= 0.3 is 0 Å². The van der Waals surface area contributed by atoms with Gasteiger partial charge in [0.25, 0.3) is 0 Å². The second-order valence-corrected chi connectivity index (χ2v) is 6.17. The minimum atomic E-state index is -0.201. The van der Waals surface area contributed by atoms with Crippen molar-refractivity contribution in [2.45, 2.75) is 26.4 Å². The number of para-hydroxylation sites is 2. The van der Waals surface area contributed by atoms with Crippen molar-refractivity contribution in [1.82, 2.24) is 0 Å². The Bertz CT molecular complexity index is 518. The van der Waals surface area contributed by atoms with Crippen molar-refractivity contribution in [2.75, 3.05) is 0 Å². The van der Waals surface area contributed by atoms with Crippen molar-refractivity contribution < 1.29 is 9.26 Å². The third-order valence-corrected chi connectivity index (χ3v) is 3.30. The maximum atomic E-state index is 5.95. The van der Waals surface area contributed by atoms with Crippen LogP contribution in [0.1, 0.15) is 20.8 Å². The van der Waals surface area contributed by atoms with E-state index in [1.165, 1.54) is 0 Å². The molecule has 1 unspecified atom stereocenters. The van der Waals surface area contributed by atoms with E-state index in [4.69, 9.17) is 9.26 Å². The zero-order valence-corrected chi connectivity index (χ0v) is 12.5. The molecule has 0 saturated carbocycles. The first-order valence-corrected chi connectivity index (χ1v) is 7.21. The molecule has 100 valence electrons. The van der Waals surface area contributed by atoms with E-state index in [1.807, 2.05) is 75.4 Å². The fourth-order valence-corrected chi connectivity index (χ4v) is 2.34. The van der Waals surface area contributed by atoms with Gasteiger partial charge in [0.1, 0.15) is 25.9 Å². The lowest BCUT2D eigenvalue weighted by Crippen LogP contribution is -2.25. The quantitative estimate of drug-likeness (QED) is 0.779. The first-order valence-electron chi connectivity index (χ1n) is 6.30. The average molecular weight is 274 g/mol. The Labute approximate surface area is 116 Å². The molecular weight excluding hydrogens is 255 g/mol. The first kappa shape index (κ1) is 13.9. The second kappa shape index (κ2) is 6.08. The van der Waals surface area contributed by atoms with E-state index < -0.39 is 0 Å². The van der Waals surface area contributed by atoms with Gasteiger partial charge in [0, 0.05) is 0 Å². The van der Waals surface area contributed by atoms with Gasteiger partial charge < -0.3 is 9.26 Å². The summed E-state index contributed by atoms with van der Waals surface area (Å²) in [5.41, 5.74) is -0.201. The topological polar surface area (TPSA) is 18.5 Å². The Morgan fingerprint density at radius 2 is 1.47 bits per heavy atom. The van der Waals surface area contributed by atoms with Crippen LogP contribution in [0, 0.1) is 0 Å². The van der Waals surface area contributed by atoms with Crippen LogP contribution in [-0.4, -0.2) is 5.60 Å². The highest BCUT2D eigenvalue weighted by Gasteiger charge is 2.14. The molecule has 0 N–H and O–H groups in total. The lowest BCUT2D eigenvalue weighted by molar-refractivity contribution is 0.132. The summed E-state index contributed by atoms with van der Waals surface area (Å²) < 4.78 is 11.7. The fourth-order valence-electron chi connectivity index (χ4n) is 1.57. The highest BCUT2D eigenvalue weighted by atomic mass is 31.1. The molecule has 0 aliphatic heterocycles. The third kappa shape index (κ3) is 4.57. The highest BCUT2D eigenvalue weighted by molar-refractivity contribution is 7.42. The van der Waals surface area contributed by atoms with Crippen molar-refractivity contribution in [3.8, 4) is 11.5 Å². The normalized spacial score (nSPS) is 11.7. The van der Waals surface area contributed by atoms with Gasteiger partial charge in [-0.1, -0.05) is 30.3 Å². The molecule has 2 nitrogen and oxygen atoms in total. The summed E-state index contributed by atoms with van der Waals surface area (Å²) in [5, 5.41) is 1.08. The molecule has 0 fully saturated rings. The van der Waals surface area contributed by atoms with Gasteiger partial charge in [0.2, 0.25) is 0 Å². The largest absolute Gasteiger partial charge is 0.487 e. The number of benzene rings is 2. The summed E-state index contributed by atoms with van der Waals surface area (Å²) in [6.45, 7) is 6.14. The summed E-state index contributed by atoms with van der Waals surface area (Å²) in [6.07, 6.45) is 0. The minimum absolute atomic E-state index is 0.201. The van der Waals surface area contributed by atoms with Crippen LogP contribution in [0.3, 0.4) is 0 Å². The summed E-state index contributed by atoms with van der Waals surface area (Å²) in [4.78, 5) is 0. The third-order valence-electron chi connectivity index (χ3n) is 2.33. The SMILES string of the molecule is CC(C)(C)Oc1ccccc1POc1ccccc1. The molecule has 0 saturated heterocycles. The van der Waals surface area contributed by atoms with E-state index in [0.717, 1.165) is 16.8 Å². The van der Waals surface area contributed by atoms with Crippen LogP contribution in [0.15, 0.2) is 54.6 Å². The lowest BCUT2D eigenvalue weighted by Gasteiger charge is -2.23. The highest BCUT2D eigenvalue weighted by Crippen LogP contribution is 2.25. The van der Waals surface area contributed by atoms with Crippen LogP contribution < -0.4 is 14.6 Å². The Hall–Kier alpha value is -1.53. The molecule has 0 aliphatic rings. The molecule has 2 aromatic carbocycles. The van der Waals surface area contributed by atoms with Crippen molar-refractivity contribution >= 4 is 14.1 Å². The molecule has 0 spiro atoms. The smallest absolute Gasteiger partial charge is 0.130 e. The second-order valence-electron chi connectivity index (χ2n) is 5.23. The Kier molecular flexibility index (Phi) is 4.44. The Balaban J connectivity index is 2.08. The predicted molar refractivity (Wildman–Crippen MR) is 81.8 cm³/mol. The summed E-state index contributed by atoms with van der Waals surface area (Å²) in [6, 6.07) is 17.9. The number of rotatable bonds is 4. The van der Waals surface area contributed by atoms with E-state index in [-0.39, 0.29) is 14.4 Å². The van der Waals surface area contributed by atoms with Crippen LogP contribution in [0.5, 0.6) is 11.5 Å². The molecule has 3 heteroatoms. The van der Waals surface area contributed by atoms with Gasteiger partial charge in [-0.2, -0.15) is 0 Å². The van der Waals surface area contributed by atoms with Crippen LogP contribution in [0.25, 0.3) is 0 Å². The van der Waals surface area contributed by atoms with Gasteiger partial charge in [0.05, 0.1) is 5.30 Å². The first-order chi connectivity index (χ1) is 9.04. The molecule has 1 atom stereocenters. The standard InChI is InChI=1S/C16H19O2P/c1-16(2,3)17-14-11-7-8-12-15(14)19-18-13-9-5-4-6-10-13/h4-12,19H,1-3H3. The van der Waals surface area contributed by atoms with Crippen LogP contribution in [-0.2, 0) is 0 Å². The molecule has 2 rings (SSSR count). The van der Waals surface area contributed by atoms with Crippen molar-refractivity contribution in [2.24, 2.45) is 0 Å². The minimum Gasteiger partial charge on any atom is -0.487 e. The number of hydrogen-bond acceptors (Lipinski definition) is 2. The van der Waals surface area contributed by atoms with Gasteiger partial charge in [-0.05, 0) is 45.0 Å². The molecule has 0 amide bonds. The van der Waals surface area contributed by atoms with E-state index in [0.29, 0.717) is 0 Å². The van der Waals surface area contributed by atoms with Crippen molar-refractivity contribution in [3.63, 3.8) is 0 Å². The molecule has 0 bridgehead atoms. The van der Waals surface area contributed by atoms with Gasteiger partial charge in [-0.25, -0.2) is 0 Å². The molecule has 19 heavy (non-hydrogen) atoms. The van der Waals surface area contributed by atoms with Gasteiger partial charge in [-0.3, -0.25) is 0 Å². The van der Waals surface area contributed by atoms with E-state index >= 15 is 0 Å². The monoisotopic (exact) mass is 274 g/mol. The predicted octanol–water partition coefficient (Wildman–Crippen LogP) is 4.16. The zero-order chi connectivity index (χ0) is 13.7. The average Bonchev–Trinajstić information content (AvgIpc) is 2.37. The van der Waals surface area contributed by atoms with E-state index in [9.17, 15) is 0 Å². The van der Waals surface area contributed by atoms with Crippen LogP contribution in [0.4, 0.5) is 0 Å². The summed E-state index contributed by atoms with van der Waals surface area (Å²) >= 11 is 0. The molecular formula is C16H19O2P. The molecule has 2 aromatic rings. The Morgan fingerprint density at radius 1 is 0.842 bits per heavy atom. The zero-order valence-electron chi connectivity index (χ0n) is 11.5. The van der Waals surface area contributed by atoms with Crippen molar-refractivity contribution in [1.29, 1.82) is 0 Å². The van der Waals surface area contributed by atoms with Gasteiger partial charge in [-0.15, -0.1) is 0 Å². The molecule has 0 aromatic heterocycles. The fraction of sp³-hybridized carbons (Fsp3) is 0.250. The summed E-state index contributed by atoms with van der Waals surface area (Å²) in [7, 11) is 0.242.